The Bertz CT molecular complexity index is 1660. The van der Waals surface area contributed by atoms with Crippen molar-refractivity contribution in [2.24, 2.45) is 0 Å². The van der Waals surface area contributed by atoms with Gasteiger partial charge in [-0.25, -0.2) is 0 Å². The van der Waals surface area contributed by atoms with Crippen LogP contribution >= 0.6 is 15.9 Å². The van der Waals surface area contributed by atoms with Gasteiger partial charge in [0.2, 0.25) is 0 Å². The van der Waals surface area contributed by atoms with Crippen LogP contribution in [0.25, 0.3) is 27.2 Å². The second kappa shape index (κ2) is 19.0. The zero-order valence-electron chi connectivity index (χ0n) is 30.4. The highest BCUT2D eigenvalue weighted by molar-refractivity contribution is 9.08. The Morgan fingerprint density at radius 1 is 0.667 bits per heavy atom. The molecule has 0 unspecified atom stereocenters. The lowest BCUT2D eigenvalue weighted by molar-refractivity contribution is -0.938. The van der Waals surface area contributed by atoms with E-state index in [9.17, 15) is 0 Å². The summed E-state index contributed by atoms with van der Waals surface area (Å²) in [6.45, 7) is 18.2. The molecule has 0 saturated heterocycles. The first-order valence-corrected chi connectivity index (χ1v) is 19.7. The van der Waals surface area contributed by atoms with Crippen molar-refractivity contribution in [1.29, 1.82) is 0 Å². The van der Waals surface area contributed by atoms with E-state index in [1.807, 2.05) is 5.83 Å². The summed E-state index contributed by atoms with van der Waals surface area (Å²) in [5.41, 5.74) is 8.39. The Hall–Kier alpha value is -3.40. The highest BCUT2D eigenvalue weighted by atomic mass is 79.9. The molecule has 5 aromatic rings. The molecular formula is C45H58BrN2+. The van der Waals surface area contributed by atoms with Crippen LogP contribution < -0.4 is 0 Å². The quantitative estimate of drug-likeness (QED) is 0.0427. The molecule has 0 radical (unpaired) electrons. The van der Waals surface area contributed by atoms with Gasteiger partial charge < -0.3 is 9.38 Å². The van der Waals surface area contributed by atoms with Crippen molar-refractivity contribution < 1.29 is 4.48 Å². The summed E-state index contributed by atoms with van der Waals surface area (Å²) in [6, 6.07) is 38.5. The lowest BCUT2D eigenvalue weighted by Gasteiger charge is -2.38. The summed E-state index contributed by atoms with van der Waals surface area (Å²) in [5, 5.41) is 5.33. The van der Waals surface area contributed by atoms with Crippen LogP contribution in [0.2, 0.25) is 0 Å². The van der Waals surface area contributed by atoms with E-state index in [1.54, 1.807) is 0 Å². The standard InChI is InChI=1S/C44H55N2.CH3Br/c1-6-9-11-26-43(44-41-24-16-14-22-39(41)32-40-23-15-17-25-42(40)44)45(33-37-20-12-10-13-21-37)27-18-19-28-46(7-2,8-3)34-38-30-35(4)29-36(5)31-38;1-2/h10,12-17,20-26,29-32H,6-9,11,18-19,27-28,33-34H2,1-5H3;1H3/q+1;/b43-26-;. The maximum Gasteiger partial charge on any atom is 0.104 e. The first-order valence-electron chi connectivity index (χ1n) is 18.1. The second-order valence-electron chi connectivity index (χ2n) is 13.4. The van der Waals surface area contributed by atoms with Crippen LogP contribution in [0, 0.1) is 13.8 Å². The molecule has 0 heterocycles. The number of hydrogen-bond donors (Lipinski definition) is 0. The molecule has 0 aliphatic carbocycles. The van der Waals surface area contributed by atoms with E-state index in [0.29, 0.717) is 0 Å². The molecule has 0 N–H and O–H groups in total. The molecular weight excluding hydrogens is 648 g/mol. The Kier molecular flexibility index (Phi) is 14.8. The number of unbranched alkanes of at least 4 members (excludes halogenated alkanes) is 3. The maximum atomic E-state index is 2.94. The molecule has 0 saturated carbocycles. The van der Waals surface area contributed by atoms with Gasteiger partial charge in [0.15, 0.2) is 0 Å². The average molecular weight is 707 g/mol. The summed E-state index contributed by atoms with van der Waals surface area (Å²) < 4.78 is 1.15. The highest BCUT2D eigenvalue weighted by Crippen LogP contribution is 2.36. The normalized spacial score (nSPS) is 11.9. The molecule has 2 nitrogen and oxygen atoms in total. The largest absolute Gasteiger partial charge is 0.367 e. The van der Waals surface area contributed by atoms with E-state index >= 15 is 0 Å². The number of benzene rings is 5. The van der Waals surface area contributed by atoms with Crippen molar-refractivity contribution in [1.82, 2.24) is 4.90 Å². The lowest BCUT2D eigenvalue weighted by Crippen LogP contribution is -2.47. The molecule has 5 aromatic carbocycles. The summed E-state index contributed by atoms with van der Waals surface area (Å²) >= 11 is 2.94. The second-order valence-corrected chi connectivity index (χ2v) is 13.4. The number of hydrogen-bond acceptors (Lipinski definition) is 1. The van der Waals surface area contributed by atoms with Gasteiger partial charge >= 0.3 is 0 Å². The smallest absolute Gasteiger partial charge is 0.104 e. The van der Waals surface area contributed by atoms with Crippen LogP contribution in [0.4, 0.5) is 0 Å². The topological polar surface area (TPSA) is 3.24 Å². The average Bonchev–Trinajstić information content (AvgIpc) is 3.11. The van der Waals surface area contributed by atoms with Gasteiger partial charge in [0.05, 0.1) is 19.6 Å². The molecule has 3 heteroatoms. The summed E-state index contributed by atoms with van der Waals surface area (Å²) in [7, 11) is 0. The van der Waals surface area contributed by atoms with Crippen LogP contribution in [0.5, 0.6) is 0 Å². The number of alkyl halides is 1. The highest BCUT2D eigenvalue weighted by Gasteiger charge is 2.24. The van der Waals surface area contributed by atoms with Gasteiger partial charge in [-0.15, -0.1) is 0 Å². The van der Waals surface area contributed by atoms with Gasteiger partial charge in [-0.2, -0.15) is 0 Å². The number of nitrogens with zero attached hydrogens (tertiary/aromatic N) is 2. The van der Waals surface area contributed by atoms with Crippen LogP contribution in [0.1, 0.15) is 80.7 Å². The van der Waals surface area contributed by atoms with Crippen molar-refractivity contribution in [2.45, 2.75) is 79.8 Å². The van der Waals surface area contributed by atoms with Crippen molar-refractivity contribution in [3.05, 3.63) is 137 Å². The predicted octanol–water partition coefficient (Wildman–Crippen LogP) is 12.5. The first-order chi connectivity index (χ1) is 23.4. The van der Waals surface area contributed by atoms with Gasteiger partial charge in [-0.1, -0.05) is 144 Å². The van der Waals surface area contributed by atoms with E-state index < -0.39 is 0 Å². The van der Waals surface area contributed by atoms with Crippen molar-refractivity contribution in [2.75, 3.05) is 32.0 Å². The fraction of sp³-hybridized carbons (Fsp3) is 0.378. The van der Waals surface area contributed by atoms with Gasteiger partial charge in [0, 0.05) is 29.9 Å². The summed E-state index contributed by atoms with van der Waals surface area (Å²) in [5.74, 6) is 1.81. The van der Waals surface area contributed by atoms with Crippen molar-refractivity contribution >= 4 is 43.2 Å². The molecule has 0 bridgehead atoms. The van der Waals surface area contributed by atoms with Crippen LogP contribution in [-0.4, -0.2) is 41.4 Å². The molecule has 0 aliphatic rings. The summed E-state index contributed by atoms with van der Waals surface area (Å²) in [4.78, 5) is 2.70. The lowest BCUT2D eigenvalue weighted by atomic mass is 9.93. The predicted molar refractivity (Wildman–Crippen MR) is 216 cm³/mol. The van der Waals surface area contributed by atoms with Gasteiger partial charge in [-0.05, 0) is 92.4 Å². The maximum absolute atomic E-state index is 2.94. The van der Waals surface area contributed by atoms with Crippen LogP contribution in [0.3, 0.4) is 0 Å². The van der Waals surface area contributed by atoms with Gasteiger partial charge in [0.1, 0.15) is 6.54 Å². The summed E-state index contributed by atoms with van der Waals surface area (Å²) in [6.07, 6.45) is 8.45. The molecule has 0 atom stereocenters. The number of quaternary nitrogens is 1. The number of rotatable bonds is 16. The molecule has 254 valence electrons. The fourth-order valence-corrected chi connectivity index (χ4v) is 7.35. The minimum absolute atomic E-state index is 0.917. The molecule has 0 aliphatic heterocycles. The van der Waals surface area contributed by atoms with Gasteiger partial charge in [-0.3, -0.25) is 0 Å². The Balaban J connectivity index is 0.00000255. The van der Waals surface area contributed by atoms with Crippen LogP contribution in [-0.2, 0) is 13.1 Å². The minimum atomic E-state index is 0.917. The van der Waals surface area contributed by atoms with E-state index in [4.69, 9.17) is 0 Å². The van der Waals surface area contributed by atoms with Crippen LogP contribution in [0.15, 0.2) is 109 Å². The number of halogens is 1. The molecule has 0 aromatic heterocycles. The van der Waals surface area contributed by atoms with Gasteiger partial charge in [0.25, 0.3) is 0 Å². The van der Waals surface area contributed by atoms with Crippen molar-refractivity contribution in [3.8, 4) is 0 Å². The molecule has 0 spiro atoms. The third-order valence-corrected chi connectivity index (χ3v) is 9.93. The SMILES string of the molecule is CBr.CCCC/C=C(/c1c2ccccc2cc2ccccc12)N(CCCC[N+](CC)(CC)Cc1cc(C)cc(C)c1)Cc1ccccc1. The van der Waals surface area contributed by atoms with E-state index in [2.05, 4.69) is 165 Å². The number of aryl methyl sites for hydroxylation is 2. The molecule has 48 heavy (non-hydrogen) atoms. The number of allylic oxidation sites excluding steroid dienone is 1. The molecule has 0 amide bonds. The van der Waals surface area contributed by atoms with E-state index in [1.165, 1.54) is 100 Å². The number of fused-ring (bicyclic) bond motifs is 2. The molecule has 0 fully saturated rings. The Morgan fingerprint density at radius 2 is 1.25 bits per heavy atom. The Labute approximate surface area is 300 Å². The zero-order valence-corrected chi connectivity index (χ0v) is 32.0. The molecule has 5 rings (SSSR count). The van der Waals surface area contributed by atoms with E-state index in [0.717, 1.165) is 30.5 Å². The fourth-order valence-electron chi connectivity index (χ4n) is 7.35. The minimum Gasteiger partial charge on any atom is -0.367 e. The van der Waals surface area contributed by atoms with Crippen molar-refractivity contribution in [3.63, 3.8) is 0 Å². The monoisotopic (exact) mass is 705 g/mol. The van der Waals surface area contributed by atoms with E-state index in [-0.39, 0.29) is 0 Å². The third-order valence-electron chi connectivity index (χ3n) is 9.93. The Morgan fingerprint density at radius 3 is 1.83 bits per heavy atom. The first kappa shape index (κ1) is 37.4. The zero-order chi connectivity index (χ0) is 34.4. The third kappa shape index (κ3) is 9.83.